The van der Waals surface area contributed by atoms with Gasteiger partial charge in [0.25, 0.3) is 0 Å². The number of benzene rings is 1. The molecule has 0 aliphatic heterocycles. The predicted molar refractivity (Wildman–Crippen MR) is 86.3 cm³/mol. The Balaban J connectivity index is 1.54. The van der Waals surface area contributed by atoms with Crippen molar-refractivity contribution in [2.24, 2.45) is 0 Å². The van der Waals surface area contributed by atoms with E-state index in [1.54, 1.807) is 11.8 Å². The summed E-state index contributed by atoms with van der Waals surface area (Å²) >= 11 is 5.12. The summed E-state index contributed by atoms with van der Waals surface area (Å²) in [5.74, 6) is 0.936. The third-order valence-corrected chi connectivity index (χ3v) is 4.26. The van der Waals surface area contributed by atoms with E-state index in [2.05, 4.69) is 43.6 Å². The van der Waals surface area contributed by atoms with Gasteiger partial charge in [0.15, 0.2) is 10.8 Å². The molecule has 2 aromatic heterocycles. The third kappa shape index (κ3) is 3.13. The third-order valence-electron chi connectivity index (χ3n) is 2.79. The number of fused-ring (bicyclic) bond motifs is 1. The summed E-state index contributed by atoms with van der Waals surface area (Å²) in [6.07, 6.45) is 1.99. The fourth-order valence-electron chi connectivity index (χ4n) is 1.82. The Bertz CT molecular complexity index is 696. The van der Waals surface area contributed by atoms with Gasteiger partial charge >= 0.3 is 0 Å². The number of thioether (sulfide) groups is 1. The van der Waals surface area contributed by atoms with Crippen LogP contribution in [0.4, 0.5) is 5.69 Å². The normalized spacial score (nSPS) is 10.8. The Morgan fingerprint density at radius 1 is 1.10 bits per heavy atom. The van der Waals surface area contributed by atoms with Crippen molar-refractivity contribution in [1.82, 2.24) is 14.6 Å². The highest BCUT2D eigenvalue weighted by Crippen LogP contribution is 2.17. The Labute approximate surface area is 129 Å². The molecule has 1 aromatic carbocycles. The molecule has 0 fully saturated rings. The molecule has 6 heteroatoms. The molecule has 0 spiro atoms. The lowest BCUT2D eigenvalue weighted by atomic mass is 10.3. The zero-order chi connectivity index (χ0) is 13.8. The van der Waals surface area contributed by atoms with E-state index in [1.165, 1.54) is 0 Å². The van der Waals surface area contributed by atoms with E-state index in [0.717, 1.165) is 33.3 Å². The first kappa shape index (κ1) is 13.5. The Morgan fingerprint density at radius 2 is 1.95 bits per heavy atom. The highest BCUT2D eigenvalue weighted by Gasteiger charge is 2.04. The Kier molecular flexibility index (Phi) is 4.22. The maximum Gasteiger partial charge on any atom is 0.195 e. The molecule has 0 bridgehead atoms. The van der Waals surface area contributed by atoms with Crippen molar-refractivity contribution in [3.8, 4) is 0 Å². The van der Waals surface area contributed by atoms with Crippen molar-refractivity contribution >= 4 is 39.0 Å². The smallest absolute Gasteiger partial charge is 0.195 e. The zero-order valence-corrected chi connectivity index (χ0v) is 13.1. The molecular formula is C14H13BrN4S. The average molecular weight is 349 g/mol. The number of nitrogens with one attached hydrogen (secondary N) is 1. The van der Waals surface area contributed by atoms with Crippen LogP contribution in [0.15, 0.2) is 58.3 Å². The number of hydrogen-bond donors (Lipinski definition) is 1. The second kappa shape index (κ2) is 6.28. The first-order valence-electron chi connectivity index (χ1n) is 6.25. The molecule has 0 saturated heterocycles. The number of anilines is 1. The fourth-order valence-corrected chi connectivity index (χ4v) is 2.87. The number of halogens is 1. The van der Waals surface area contributed by atoms with Crippen molar-refractivity contribution in [2.45, 2.75) is 5.16 Å². The SMILES string of the molecule is Brc1ccc(NCCSc2nnc3ccccn23)cc1. The quantitative estimate of drug-likeness (QED) is 0.563. The molecule has 4 nitrogen and oxygen atoms in total. The van der Waals surface area contributed by atoms with Gasteiger partial charge in [-0.15, -0.1) is 10.2 Å². The summed E-state index contributed by atoms with van der Waals surface area (Å²) in [4.78, 5) is 0. The van der Waals surface area contributed by atoms with Crippen molar-refractivity contribution in [2.75, 3.05) is 17.6 Å². The van der Waals surface area contributed by atoms with Gasteiger partial charge in [0.2, 0.25) is 0 Å². The molecule has 20 heavy (non-hydrogen) atoms. The first-order chi connectivity index (χ1) is 9.83. The minimum absolute atomic E-state index is 0.883. The van der Waals surface area contributed by atoms with Crippen molar-refractivity contribution in [3.63, 3.8) is 0 Å². The molecule has 0 saturated carbocycles. The van der Waals surface area contributed by atoms with Gasteiger partial charge in [-0.05, 0) is 36.4 Å². The molecule has 0 atom stereocenters. The van der Waals surface area contributed by atoms with Crippen LogP contribution in [-0.4, -0.2) is 26.9 Å². The Hall–Kier alpha value is -1.53. The molecule has 0 radical (unpaired) electrons. The van der Waals surface area contributed by atoms with E-state index in [9.17, 15) is 0 Å². The summed E-state index contributed by atoms with van der Waals surface area (Å²) in [6, 6.07) is 14.1. The van der Waals surface area contributed by atoms with Crippen LogP contribution in [0.2, 0.25) is 0 Å². The largest absolute Gasteiger partial charge is 0.384 e. The van der Waals surface area contributed by atoms with Crippen LogP contribution < -0.4 is 5.32 Å². The molecular weight excluding hydrogens is 336 g/mol. The van der Waals surface area contributed by atoms with Crippen molar-refractivity contribution in [1.29, 1.82) is 0 Å². The van der Waals surface area contributed by atoms with E-state index in [1.807, 2.05) is 40.9 Å². The topological polar surface area (TPSA) is 42.2 Å². The maximum absolute atomic E-state index is 4.19. The van der Waals surface area contributed by atoms with Gasteiger partial charge in [0.1, 0.15) is 0 Å². The van der Waals surface area contributed by atoms with Crippen LogP contribution in [-0.2, 0) is 0 Å². The van der Waals surface area contributed by atoms with Crippen molar-refractivity contribution in [3.05, 3.63) is 53.1 Å². The number of aromatic nitrogens is 3. The molecule has 1 N–H and O–H groups in total. The summed E-state index contributed by atoms with van der Waals surface area (Å²) in [7, 11) is 0. The lowest BCUT2D eigenvalue weighted by Gasteiger charge is -2.05. The molecule has 0 aliphatic rings. The van der Waals surface area contributed by atoms with Gasteiger partial charge in [-0.1, -0.05) is 33.8 Å². The van der Waals surface area contributed by atoms with Crippen LogP contribution >= 0.6 is 27.7 Å². The van der Waals surface area contributed by atoms with Crippen LogP contribution in [0.3, 0.4) is 0 Å². The van der Waals surface area contributed by atoms with Crippen LogP contribution in [0.5, 0.6) is 0 Å². The standard InChI is InChI=1S/C14H13BrN4S/c15-11-4-6-12(7-5-11)16-8-10-20-14-18-17-13-3-1-2-9-19(13)14/h1-7,9,16H,8,10H2. The molecule has 102 valence electrons. The van der Waals surface area contributed by atoms with Crippen LogP contribution in [0.25, 0.3) is 5.65 Å². The highest BCUT2D eigenvalue weighted by molar-refractivity contribution is 9.10. The molecule has 3 rings (SSSR count). The minimum atomic E-state index is 0.883. The molecule has 2 heterocycles. The number of nitrogens with zero attached hydrogens (tertiary/aromatic N) is 3. The number of rotatable bonds is 5. The van der Waals surface area contributed by atoms with E-state index < -0.39 is 0 Å². The summed E-state index contributed by atoms with van der Waals surface area (Å²) in [5, 5.41) is 12.6. The maximum atomic E-state index is 4.19. The van der Waals surface area contributed by atoms with Crippen LogP contribution in [0, 0.1) is 0 Å². The zero-order valence-electron chi connectivity index (χ0n) is 10.7. The molecule has 3 aromatic rings. The summed E-state index contributed by atoms with van der Waals surface area (Å²) < 4.78 is 3.09. The molecule has 0 amide bonds. The number of pyridine rings is 1. The van der Waals surface area contributed by atoms with E-state index in [0.29, 0.717) is 0 Å². The monoisotopic (exact) mass is 348 g/mol. The molecule has 0 aliphatic carbocycles. The molecule has 0 unspecified atom stereocenters. The summed E-state index contributed by atoms with van der Waals surface area (Å²) in [6.45, 7) is 0.883. The van der Waals surface area contributed by atoms with Crippen LogP contribution in [0.1, 0.15) is 0 Å². The number of hydrogen-bond acceptors (Lipinski definition) is 4. The second-order valence-electron chi connectivity index (χ2n) is 4.19. The van der Waals surface area contributed by atoms with E-state index >= 15 is 0 Å². The average Bonchev–Trinajstić information content (AvgIpc) is 2.89. The Morgan fingerprint density at radius 3 is 2.80 bits per heavy atom. The van der Waals surface area contributed by atoms with Gasteiger partial charge in [0.05, 0.1) is 0 Å². The van der Waals surface area contributed by atoms with E-state index in [4.69, 9.17) is 0 Å². The lowest BCUT2D eigenvalue weighted by Crippen LogP contribution is -2.04. The second-order valence-corrected chi connectivity index (χ2v) is 6.17. The van der Waals surface area contributed by atoms with Gasteiger partial charge in [0, 0.05) is 28.7 Å². The first-order valence-corrected chi connectivity index (χ1v) is 8.03. The van der Waals surface area contributed by atoms with Gasteiger partial charge in [-0.25, -0.2) is 0 Å². The van der Waals surface area contributed by atoms with Gasteiger partial charge in [-0.3, -0.25) is 4.40 Å². The minimum Gasteiger partial charge on any atom is -0.384 e. The lowest BCUT2D eigenvalue weighted by molar-refractivity contribution is 0.921. The van der Waals surface area contributed by atoms with Gasteiger partial charge in [-0.2, -0.15) is 0 Å². The highest BCUT2D eigenvalue weighted by atomic mass is 79.9. The predicted octanol–water partition coefficient (Wildman–Crippen LogP) is 3.70. The van der Waals surface area contributed by atoms with E-state index in [-0.39, 0.29) is 0 Å². The van der Waals surface area contributed by atoms with Crippen molar-refractivity contribution < 1.29 is 0 Å². The fraction of sp³-hybridized carbons (Fsp3) is 0.143. The van der Waals surface area contributed by atoms with Gasteiger partial charge < -0.3 is 5.32 Å². The summed E-state index contributed by atoms with van der Waals surface area (Å²) in [5.41, 5.74) is 2.01.